The van der Waals surface area contributed by atoms with Gasteiger partial charge in [-0.25, -0.2) is 4.79 Å². The highest BCUT2D eigenvalue weighted by Crippen LogP contribution is 2.26. The number of nitrogens with one attached hydrogen (secondary N) is 2. The van der Waals surface area contributed by atoms with Gasteiger partial charge < -0.3 is 15.3 Å². The van der Waals surface area contributed by atoms with E-state index < -0.39 is 12.0 Å². The molecule has 2 unspecified atom stereocenters. The number of carboxylic acids is 1. The molecule has 1 rings (SSSR count). The molecule has 0 radical (unpaired) electrons. The summed E-state index contributed by atoms with van der Waals surface area (Å²) in [5.74, 6) is -0.554. The van der Waals surface area contributed by atoms with Crippen molar-refractivity contribution in [1.82, 2.24) is 15.5 Å². The highest BCUT2D eigenvalue weighted by Gasteiger charge is 2.26. The van der Waals surface area contributed by atoms with Gasteiger partial charge in [-0.1, -0.05) is 6.92 Å². The third-order valence-electron chi connectivity index (χ3n) is 3.98. The molecule has 1 fully saturated rings. The maximum atomic E-state index is 11.5. The highest BCUT2D eigenvalue weighted by atomic mass is 16.4. The second-order valence-corrected chi connectivity index (χ2v) is 5.66. The van der Waals surface area contributed by atoms with Crippen LogP contribution in [0.1, 0.15) is 32.6 Å². The minimum atomic E-state index is -0.760. The lowest BCUT2D eigenvalue weighted by Gasteiger charge is -2.35. The number of urea groups is 1. The minimum Gasteiger partial charge on any atom is -0.481 e. The van der Waals surface area contributed by atoms with Crippen molar-refractivity contribution in [1.29, 1.82) is 0 Å². The Hall–Kier alpha value is -1.63. The molecular weight excluding hydrogens is 274 g/mol. The molecule has 0 aromatic carbocycles. The number of hydrogen-bond donors (Lipinski definition) is 3. The van der Waals surface area contributed by atoms with Gasteiger partial charge in [0.2, 0.25) is 5.91 Å². The maximum Gasteiger partial charge on any atom is 0.321 e. The number of carboxylic acid groups (broad SMARTS) is 1. The van der Waals surface area contributed by atoms with Crippen LogP contribution in [0.2, 0.25) is 0 Å². The molecule has 1 heterocycles. The summed E-state index contributed by atoms with van der Waals surface area (Å²) in [6, 6.07) is -0.494. The molecule has 0 aromatic heterocycles. The molecule has 21 heavy (non-hydrogen) atoms. The Bertz CT molecular complexity index is 386. The Labute approximate surface area is 125 Å². The van der Waals surface area contributed by atoms with Gasteiger partial charge >= 0.3 is 12.0 Å². The zero-order valence-corrected chi connectivity index (χ0v) is 12.7. The van der Waals surface area contributed by atoms with Crippen LogP contribution in [-0.2, 0) is 9.59 Å². The van der Waals surface area contributed by atoms with Crippen LogP contribution in [0.25, 0.3) is 0 Å². The number of carbonyl (C=O) groups excluding carboxylic acids is 2. The smallest absolute Gasteiger partial charge is 0.321 e. The molecule has 2 atom stereocenters. The third kappa shape index (κ3) is 6.57. The number of imide groups is 1. The maximum absolute atomic E-state index is 11.5. The summed E-state index contributed by atoms with van der Waals surface area (Å²) in [5.41, 5.74) is 0. The number of hydrogen-bond acceptors (Lipinski definition) is 4. The van der Waals surface area contributed by atoms with E-state index in [1.165, 1.54) is 7.05 Å². The fraction of sp³-hybridized carbons (Fsp3) is 0.786. The zero-order chi connectivity index (χ0) is 15.8. The van der Waals surface area contributed by atoms with E-state index in [-0.39, 0.29) is 24.7 Å². The lowest BCUT2D eigenvalue weighted by molar-refractivity contribution is -0.138. The molecule has 0 spiro atoms. The molecule has 1 aliphatic rings. The van der Waals surface area contributed by atoms with Crippen LogP contribution >= 0.6 is 0 Å². The summed E-state index contributed by atoms with van der Waals surface area (Å²) in [7, 11) is 1.46. The van der Waals surface area contributed by atoms with Crippen molar-refractivity contribution in [2.24, 2.45) is 11.8 Å². The fourth-order valence-corrected chi connectivity index (χ4v) is 2.71. The average Bonchev–Trinajstić information content (AvgIpc) is 2.44. The van der Waals surface area contributed by atoms with Crippen LogP contribution in [0.15, 0.2) is 0 Å². The Morgan fingerprint density at radius 1 is 1.38 bits per heavy atom. The summed E-state index contributed by atoms with van der Waals surface area (Å²) >= 11 is 0. The molecule has 120 valence electrons. The number of rotatable bonds is 6. The van der Waals surface area contributed by atoms with Crippen LogP contribution in [-0.4, -0.2) is 54.6 Å². The molecule has 0 bridgehead atoms. The fourth-order valence-electron chi connectivity index (χ4n) is 2.71. The standard InChI is InChI=1S/C14H25N3O4/c1-10(8-13(19)20)11-4-3-6-17(9-11)7-5-12(18)16-14(21)15-2/h10-11H,3-9H2,1-2H3,(H,19,20)(H2,15,16,18,21). The first kappa shape index (κ1) is 17.4. The second kappa shape index (κ2) is 8.61. The highest BCUT2D eigenvalue weighted by molar-refractivity contribution is 5.94. The van der Waals surface area contributed by atoms with Crippen molar-refractivity contribution in [3.63, 3.8) is 0 Å². The summed E-state index contributed by atoms with van der Waals surface area (Å²) in [4.78, 5) is 35.5. The lowest BCUT2D eigenvalue weighted by atomic mass is 9.84. The predicted molar refractivity (Wildman–Crippen MR) is 77.8 cm³/mol. The Kier molecular flexibility index (Phi) is 7.14. The van der Waals surface area contributed by atoms with Gasteiger partial charge in [0.1, 0.15) is 0 Å². The van der Waals surface area contributed by atoms with Crippen LogP contribution in [0.5, 0.6) is 0 Å². The Morgan fingerprint density at radius 3 is 2.71 bits per heavy atom. The van der Waals surface area contributed by atoms with Crippen LogP contribution in [0.3, 0.4) is 0 Å². The summed E-state index contributed by atoms with van der Waals surface area (Å²) in [6.45, 7) is 4.31. The van der Waals surface area contributed by atoms with E-state index in [1.807, 2.05) is 6.92 Å². The summed E-state index contributed by atoms with van der Waals surface area (Å²) < 4.78 is 0. The Balaban J connectivity index is 2.34. The molecule has 0 saturated carbocycles. The van der Waals surface area contributed by atoms with Gasteiger partial charge in [0.25, 0.3) is 0 Å². The first-order valence-corrected chi connectivity index (χ1v) is 7.38. The molecular formula is C14H25N3O4. The number of amides is 3. The van der Waals surface area contributed by atoms with E-state index >= 15 is 0 Å². The molecule has 7 heteroatoms. The predicted octanol–water partition coefficient (Wildman–Crippen LogP) is 0.655. The number of piperidine rings is 1. The molecule has 3 amide bonds. The van der Waals surface area contributed by atoms with Gasteiger partial charge in [0.05, 0.1) is 0 Å². The number of nitrogens with zero attached hydrogens (tertiary/aromatic N) is 1. The van der Waals surface area contributed by atoms with E-state index in [0.29, 0.717) is 12.5 Å². The van der Waals surface area contributed by atoms with E-state index in [2.05, 4.69) is 15.5 Å². The van der Waals surface area contributed by atoms with Crippen LogP contribution in [0, 0.1) is 11.8 Å². The van der Waals surface area contributed by atoms with Gasteiger partial charge in [-0.15, -0.1) is 0 Å². The van der Waals surface area contributed by atoms with Crippen LogP contribution in [0.4, 0.5) is 4.79 Å². The van der Waals surface area contributed by atoms with Crippen molar-refractivity contribution >= 4 is 17.9 Å². The van der Waals surface area contributed by atoms with E-state index in [9.17, 15) is 14.4 Å². The summed E-state index contributed by atoms with van der Waals surface area (Å²) in [5, 5.41) is 13.4. The first-order valence-electron chi connectivity index (χ1n) is 7.38. The largest absolute Gasteiger partial charge is 0.481 e. The third-order valence-corrected chi connectivity index (χ3v) is 3.98. The van der Waals surface area contributed by atoms with Gasteiger partial charge in [-0.2, -0.15) is 0 Å². The van der Waals surface area contributed by atoms with Crippen molar-refractivity contribution in [3.05, 3.63) is 0 Å². The quantitative estimate of drug-likeness (QED) is 0.669. The molecule has 1 saturated heterocycles. The van der Waals surface area contributed by atoms with Gasteiger partial charge in [0.15, 0.2) is 0 Å². The monoisotopic (exact) mass is 299 g/mol. The van der Waals surface area contributed by atoms with E-state index in [0.717, 1.165) is 25.9 Å². The van der Waals surface area contributed by atoms with Gasteiger partial charge in [-0.3, -0.25) is 14.9 Å². The molecule has 0 aliphatic carbocycles. The van der Waals surface area contributed by atoms with Crippen molar-refractivity contribution in [3.8, 4) is 0 Å². The molecule has 3 N–H and O–H groups in total. The molecule has 7 nitrogen and oxygen atoms in total. The zero-order valence-electron chi connectivity index (χ0n) is 12.7. The average molecular weight is 299 g/mol. The summed E-state index contributed by atoms with van der Waals surface area (Å²) in [6.07, 6.45) is 2.52. The minimum absolute atomic E-state index is 0.144. The molecule has 0 aromatic rings. The van der Waals surface area contributed by atoms with E-state index in [1.54, 1.807) is 0 Å². The SMILES string of the molecule is CNC(=O)NC(=O)CCN1CCCC(C(C)CC(=O)O)C1. The number of likely N-dealkylation sites (tertiary alicyclic amines) is 1. The van der Waals surface area contributed by atoms with Gasteiger partial charge in [0, 0.05) is 33.0 Å². The van der Waals surface area contributed by atoms with Crippen molar-refractivity contribution in [2.75, 3.05) is 26.7 Å². The number of aliphatic carboxylic acids is 1. The van der Waals surface area contributed by atoms with Crippen LogP contribution < -0.4 is 10.6 Å². The van der Waals surface area contributed by atoms with Crippen molar-refractivity contribution < 1.29 is 19.5 Å². The topological polar surface area (TPSA) is 98.7 Å². The van der Waals surface area contributed by atoms with Gasteiger partial charge in [-0.05, 0) is 31.2 Å². The lowest BCUT2D eigenvalue weighted by Crippen LogP contribution is -2.42. The number of carbonyl (C=O) groups is 3. The molecule has 1 aliphatic heterocycles. The normalized spacial score (nSPS) is 20.6. The first-order chi connectivity index (χ1) is 9.92. The Morgan fingerprint density at radius 2 is 2.10 bits per heavy atom. The second-order valence-electron chi connectivity index (χ2n) is 5.66. The van der Waals surface area contributed by atoms with E-state index in [4.69, 9.17) is 5.11 Å². The van der Waals surface area contributed by atoms with Crippen molar-refractivity contribution in [2.45, 2.75) is 32.6 Å².